The molecule has 3 amide bonds. The molecule has 1 heterocycles. The fraction of sp³-hybridized carbons (Fsp3) is 0.333. The summed E-state index contributed by atoms with van der Waals surface area (Å²) in [6, 6.07) is 15.4. The molecule has 1 aliphatic rings. The van der Waals surface area contributed by atoms with Gasteiger partial charge in [0.05, 0.1) is 0 Å². The van der Waals surface area contributed by atoms with E-state index >= 15 is 0 Å². The largest absolute Gasteiger partial charge is 0.326 e. The Labute approximate surface area is 154 Å². The van der Waals surface area contributed by atoms with Gasteiger partial charge >= 0.3 is 6.03 Å². The number of hydrogen-bond donors (Lipinski definition) is 2. The van der Waals surface area contributed by atoms with Crippen LogP contribution in [0.3, 0.4) is 0 Å². The van der Waals surface area contributed by atoms with Crippen molar-refractivity contribution in [2.45, 2.75) is 26.7 Å². The first-order valence-electron chi connectivity index (χ1n) is 9.01. The summed E-state index contributed by atoms with van der Waals surface area (Å²) in [5, 5.41) is 5.88. The van der Waals surface area contributed by atoms with E-state index in [1.165, 1.54) is 0 Å². The predicted octanol–water partition coefficient (Wildman–Crippen LogP) is 4.19. The number of carbonyl (C=O) groups is 2. The third-order valence-electron chi connectivity index (χ3n) is 4.77. The van der Waals surface area contributed by atoms with E-state index in [1.54, 1.807) is 4.90 Å². The quantitative estimate of drug-likeness (QED) is 0.871. The predicted molar refractivity (Wildman–Crippen MR) is 104 cm³/mol. The monoisotopic (exact) mass is 351 g/mol. The van der Waals surface area contributed by atoms with E-state index in [4.69, 9.17) is 0 Å². The molecule has 0 unspecified atom stereocenters. The lowest BCUT2D eigenvalue weighted by Gasteiger charge is -2.31. The van der Waals surface area contributed by atoms with Crippen LogP contribution < -0.4 is 10.6 Å². The van der Waals surface area contributed by atoms with Crippen molar-refractivity contribution in [2.75, 3.05) is 23.7 Å². The lowest BCUT2D eigenvalue weighted by Crippen LogP contribution is -2.43. The Hall–Kier alpha value is -2.82. The lowest BCUT2D eigenvalue weighted by atomic mass is 9.96. The number of anilines is 2. The van der Waals surface area contributed by atoms with Crippen LogP contribution in [0.25, 0.3) is 0 Å². The summed E-state index contributed by atoms with van der Waals surface area (Å²) in [5.41, 5.74) is 3.93. The van der Waals surface area contributed by atoms with Crippen molar-refractivity contribution >= 4 is 23.3 Å². The average molecular weight is 351 g/mol. The van der Waals surface area contributed by atoms with Gasteiger partial charge in [0, 0.05) is 30.4 Å². The topological polar surface area (TPSA) is 61.4 Å². The number of rotatable bonds is 3. The third-order valence-corrected chi connectivity index (χ3v) is 4.77. The molecule has 0 spiro atoms. The van der Waals surface area contributed by atoms with Crippen LogP contribution in [0.2, 0.25) is 0 Å². The van der Waals surface area contributed by atoms with Crippen molar-refractivity contribution < 1.29 is 9.59 Å². The molecule has 0 bridgehead atoms. The van der Waals surface area contributed by atoms with Crippen molar-refractivity contribution in [3.63, 3.8) is 0 Å². The molecule has 0 aliphatic carbocycles. The van der Waals surface area contributed by atoms with Crippen molar-refractivity contribution in [1.29, 1.82) is 0 Å². The Morgan fingerprint density at radius 2 is 1.27 bits per heavy atom. The van der Waals surface area contributed by atoms with Crippen LogP contribution in [-0.2, 0) is 4.79 Å². The molecule has 2 aromatic rings. The smallest absolute Gasteiger partial charge is 0.321 e. The van der Waals surface area contributed by atoms with Gasteiger partial charge in [-0.3, -0.25) is 4.79 Å². The second-order valence-electron chi connectivity index (χ2n) is 6.91. The van der Waals surface area contributed by atoms with E-state index in [0.717, 1.165) is 22.5 Å². The molecule has 136 valence electrons. The van der Waals surface area contributed by atoms with Crippen LogP contribution in [-0.4, -0.2) is 29.9 Å². The maximum absolute atomic E-state index is 12.4. The summed E-state index contributed by atoms with van der Waals surface area (Å²) in [6.07, 6.45) is 1.36. The van der Waals surface area contributed by atoms with Crippen molar-refractivity contribution in [1.82, 2.24) is 4.90 Å². The molecule has 5 nitrogen and oxygen atoms in total. The number of benzene rings is 2. The van der Waals surface area contributed by atoms with E-state index in [-0.39, 0.29) is 17.9 Å². The number of nitrogens with zero attached hydrogens (tertiary/aromatic N) is 1. The minimum atomic E-state index is -0.105. The summed E-state index contributed by atoms with van der Waals surface area (Å²) < 4.78 is 0. The second kappa shape index (κ2) is 8.04. The first-order valence-corrected chi connectivity index (χ1v) is 9.01. The molecule has 26 heavy (non-hydrogen) atoms. The normalized spacial score (nSPS) is 14.8. The highest BCUT2D eigenvalue weighted by Gasteiger charge is 2.27. The molecule has 0 atom stereocenters. The molecule has 5 heteroatoms. The fourth-order valence-corrected chi connectivity index (χ4v) is 3.07. The molecule has 2 aromatic carbocycles. The number of amides is 3. The van der Waals surface area contributed by atoms with E-state index in [1.807, 2.05) is 62.4 Å². The van der Waals surface area contributed by atoms with Crippen LogP contribution >= 0.6 is 0 Å². The van der Waals surface area contributed by atoms with Crippen LogP contribution in [0.1, 0.15) is 24.0 Å². The first kappa shape index (κ1) is 18.0. The van der Waals surface area contributed by atoms with Crippen LogP contribution in [0, 0.1) is 19.8 Å². The van der Waals surface area contributed by atoms with Gasteiger partial charge in [0.1, 0.15) is 0 Å². The zero-order valence-electron chi connectivity index (χ0n) is 15.3. The second-order valence-corrected chi connectivity index (χ2v) is 6.91. The SMILES string of the molecule is Cc1ccc(NC(=O)C2CCN(C(=O)Nc3ccc(C)cc3)CC2)cc1. The Morgan fingerprint density at radius 1 is 0.808 bits per heavy atom. The molecule has 2 N–H and O–H groups in total. The van der Waals surface area contributed by atoms with Crippen molar-refractivity contribution in [2.24, 2.45) is 5.92 Å². The standard InChI is InChI=1S/C21H25N3O2/c1-15-3-7-18(8-4-15)22-20(25)17-11-13-24(14-12-17)21(26)23-19-9-5-16(2)6-10-19/h3-10,17H,11-14H2,1-2H3,(H,22,25)(H,23,26). The minimum Gasteiger partial charge on any atom is -0.326 e. The summed E-state index contributed by atoms with van der Waals surface area (Å²) in [7, 11) is 0. The minimum absolute atomic E-state index is 0.0347. The molecular formula is C21H25N3O2. The highest BCUT2D eigenvalue weighted by Crippen LogP contribution is 2.21. The van der Waals surface area contributed by atoms with E-state index in [9.17, 15) is 9.59 Å². The highest BCUT2D eigenvalue weighted by molar-refractivity contribution is 5.93. The Balaban J connectivity index is 1.48. The van der Waals surface area contributed by atoms with E-state index in [2.05, 4.69) is 10.6 Å². The van der Waals surface area contributed by atoms with Crippen LogP contribution in [0.15, 0.2) is 48.5 Å². The van der Waals surface area contributed by atoms with Gasteiger partial charge in [0.2, 0.25) is 5.91 Å². The summed E-state index contributed by atoms with van der Waals surface area (Å²) in [6.45, 7) is 5.20. The molecule has 3 rings (SSSR count). The van der Waals surface area contributed by atoms with Crippen molar-refractivity contribution in [3.8, 4) is 0 Å². The number of nitrogens with one attached hydrogen (secondary N) is 2. The number of hydrogen-bond acceptors (Lipinski definition) is 2. The number of carbonyl (C=O) groups excluding carboxylic acids is 2. The fourth-order valence-electron chi connectivity index (χ4n) is 3.07. The highest BCUT2D eigenvalue weighted by atomic mass is 16.2. The van der Waals surface area contributed by atoms with Gasteiger partial charge in [-0.05, 0) is 51.0 Å². The molecule has 1 saturated heterocycles. The van der Waals surface area contributed by atoms with Gasteiger partial charge in [-0.15, -0.1) is 0 Å². The van der Waals surface area contributed by atoms with Gasteiger partial charge in [0.25, 0.3) is 0 Å². The number of piperidine rings is 1. The van der Waals surface area contributed by atoms with Crippen LogP contribution in [0.4, 0.5) is 16.2 Å². The van der Waals surface area contributed by atoms with Gasteiger partial charge < -0.3 is 15.5 Å². The van der Waals surface area contributed by atoms with E-state index < -0.39 is 0 Å². The number of likely N-dealkylation sites (tertiary alicyclic amines) is 1. The van der Waals surface area contributed by atoms with Crippen LogP contribution in [0.5, 0.6) is 0 Å². The zero-order valence-corrected chi connectivity index (χ0v) is 15.3. The third kappa shape index (κ3) is 4.63. The number of aryl methyl sites for hydroxylation is 2. The van der Waals surface area contributed by atoms with Gasteiger partial charge in [-0.1, -0.05) is 35.4 Å². The summed E-state index contributed by atoms with van der Waals surface area (Å²) in [5.74, 6) is -0.0211. The molecule has 1 aliphatic heterocycles. The van der Waals surface area contributed by atoms with Gasteiger partial charge in [0.15, 0.2) is 0 Å². The Morgan fingerprint density at radius 3 is 1.77 bits per heavy atom. The first-order chi connectivity index (χ1) is 12.5. The number of urea groups is 1. The maximum atomic E-state index is 12.4. The molecule has 1 fully saturated rings. The molecule has 0 aromatic heterocycles. The van der Waals surface area contributed by atoms with Gasteiger partial charge in [-0.25, -0.2) is 4.79 Å². The van der Waals surface area contributed by atoms with Crippen molar-refractivity contribution in [3.05, 3.63) is 59.7 Å². The average Bonchev–Trinajstić information content (AvgIpc) is 2.65. The summed E-state index contributed by atoms with van der Waals surface area (Å²) >= 11 is 0. The molecular weight excluding hydrogens is 326 g/mol. The zero-order chi connectivity index (χ0) is 18.5. The Bertz CT molecular complexity index is 693. The lowest BCUT2D eigenvalue weighted by molar-refractivity contribution is -0.121. The van der Waals surface area contributed by atoms with E-state index in [0.29, 0.717) is 25.9 Å². The van der Waals surface area contributed by atoms with Gasteiger partial charge in [-0.2, -0.15) is 0 Å². The molecule has 0 radical (unpaired) electrons. The summed E-state index contributed by atoms with van der Waals surface area (Å²) in [4.78, 5) is 26.6. The maximum Gasteiger partial charge on any atom is 0.321 e. The molecule has 0 saturated carbocycles. The Kier molecular flexibility index (Phi) is 5.56.